The molecule has 94 valence electrons. The molecule has 2 heterocycles. The van der Waals surface area contributed by atoms with Crippen LogP contribution in [-0.2, 0) is 4.74 Å². The zero-order valence-electron chi connectivity index (χ0n) is 10.9. The third-order valence-electron chi connectivity index (χ3n) is 3.19. The van der Waals surface area contributed by atoms with Crippen LogP contribution in [0, 0.1) is 0 Å². The molecule has 0 radical (unpaired) electrons. The molecule has 0 saturated carbocycles. The Morgan fingerprint density at radius 3 is 2.65 bits per heavy atom. The van der Waals surface area contributed by atoms with Crippen LogP contribution in [0.25, 0.3) is 0 Å². The highest BCUT2D eigenvalue weighted by atomic mass is 16.5. The van der Waals surface area contributed by atoms with Crippen molar-refractivity contribution in [1.82, 2.24) is 9.80 Å². The number of morpholine rings is 1. The van der Waals surface area contributed by atoms with E-state index < -0.39 is 0 Å². The van der Waals surface area contributed by atoms with Gasteiger partial charge < -0.3 is 9.64 Å². The van der Waals surface area contributed by atoms with E-state index in [0.717, 1.165) is 38.5 Å². The van der Waals surface area contributed by atoms with Crippen molar-refractivity contribution in [3.05, 3.63) is 36.2 Å². The summed E-state index contributed by atoms with van der Waals surface area (Å²) in [5.41, 5.74) is 2.43. The maximum atomic E-state index is 5.36. The van der Waals surface area contributed by atoms with Crippen molar-refractivity contribution in [2.45, 2.75) is 19.9 Å². The van der Waals surface area contributed by atoms with Gasteiger partial charge in [-0.1, -0.05) is 12.7 Å². The number of nitrogens with zero attached hydrogens (tertiary/aromatic N) is 2. The molecule has 3 nitrogen and oxygen atoms in total. The Bertz CT molecular complexity index is 338. The lowest BCUT2D eigenvalue weighted by atomic mass is 10.1. The smallest absolute Gasteiger partial charge is 0.0594 e. The Labute approximate surface area is 104 Å². The zero-order chi connectivity index (χ0) is 12.3. The second kappa shape index (κ2) is 5.52. The molecule has 17 heavy (non-hydrogen) atoms. The second-order valence-electron chi connectivity index (χ2n) is 4.92. The Hall–Kier alpha value is -1.06. The van der Waals surface area contributed by atoms with Gasteiger partial charge in [-0.25, -0.2) is 0 Å². The quantitative estimate of drug-likeness (QED) is 0.743. The molecule has 2 aliphatic heterocycles. The van der Waals surface area contributed by atoms with Gasteiger partial charge in [0.2, 0.25) is 0 Å². The van der Waals surface area contributed by atoms with E-state index in [1.807, 2.05) is 0 Å². The molecule has 2 rings (SSSR count). The van der Waals surface area contributed by atoms with Gasteiger partial charge in [0.25, 0.3) is 0 Å². The highest BCUT2D eigenvalue weighted by molar-refractivity contribution is 5.33. The number of allylic oxidation sites excluding steroid dienone is 1. The average Bonchev–Trinajstić information content (AvgIpc) is 2.32. The van der Waals surface area contributed by atoms with Crippen LogP contribution >= 0.6 is 0 Å². The van der Waals surface area contributed by atoms with Crippen molar-refractivity contribution < 1.29 is 4.74 Å². The maximum absolute atomic E-state index is 5.36. The monoisotopic (exact) mass is 234 g/mol. The van der Waals surface area contributed by atoms with Crippen molar-refractivity contribution in [2.75, 3.05) is 32.8 Å². The number of rotatable bonds is 3. The van der Waals surface area contributed by atoms with Gasteiger partial charge in [-0.3, -0.25) is 4.90 Å². The van der Waals surface area contributed by atoms with Crippen LogP contribution in [0.2, 0.25) is 0 Å². The predicted octanol–water partition coefficient (Wildman–Crippen LogP) is 2.00. The summed E-state index contributed by atoms with van der Waals surface area (Å²) in [4.78, 5) is 4.67. The van der Waals surface area contributed by atoms with E-state index >= 15 is 0 Å². The maximum Gasteiger partial charge on any atom is 0.0594 e. The first-order chi connectivity index (χ1) is 8.16. The van der Waals surface area contributed by atoms with Gasteiger partial charge in [0, 0.05) is 37.6 Å². The summed E-state index contributed by atoms with van der Waals surface area (Å²) in [7, 11) is 0. The molecule has 3 heteroatoms. The van der Waals surface area contributed by atoms with Crippen molar-refractivity contribution in [3.8, 4) is 0 Å². The summed E-state index contributed by atoms with van der Waals surface area (Å²) in [6, 6.07) is 0.465. The lowest BCUT2D eigenvalue weighted by molar-refractivity contribution is 0.0424. The molecule has 0 aromatic heterocycles. The minimum absolute atomic E-state index is 0.465. The van der Waals surface area contributed by atoms with E-state index in [4.69, 9.17) is 4.74 Å². The molecule has 0 aliphatic carbocycles. The van der Waals surface area contributed by atoms with Crippen molar-refractivity contribution in [2.24, 2.45) is 0 Å². The topological polar surface area (TPSA) is 15.7 Å². The summed E-state index contributed by atoms with van der Waals surface area (Å²) in [6.07, 6.45) is 6.51. The van der Waals surface area contributed by atoms with Gasteiger partial charge in [0.1, 0.15) is 0 Å². The minimum atomic E-state index is 0.465. The molecule has 0 amide bonds. The summed E-state index contributed by atoms with van der Waals surface area (Å²) in [5, 5.41) is 0. The molecule has 0 aromatic rings. The Morgan fingerprint density at radius 2 is 2.00 bits per heavy atom. The minimum Gasteiger partial charge on any atom is -0.379 e. The Balaban J connectivity index is 1.98. The molecule has 0 unspecified atom stereocenters. The van der Waals surface area contributed by atoms with Crippen LogP contribution in [0.15, 0.2) is 36.2 Å². The van der Waals surface area contributed by atoms with Gasteiger partial charge in [0.15, 0.2) is 0 Å². The van der Waals surface area contributed by atoms with Crippen molar-refractivity contribution in [3.63, 3.8) is 0 Å². The zero-order valence-corrected chi connectivity index (χ0v) is 10.9. The molecule has 0 atom stereocenters. The van der Waals surface area contributed by atoms with Crippen molar-refractivity contribution in [1.29, 1.82) is 0 Å². The van der Waals surface area contributed by atoms with Crippen LogP contribution in [0.4, 0.5) is 0 Å². The molecule has 1 saturated heterocycles. The highest BCUT2D eigenvalue weighted by Crippen LogP contribution is 2.19. The van der Waals surface area contributed by atoms with E-state index in [1.54, 1.807) is 0 Å². The average molecular weight is 234 g/mol. The van der Waals surface area contributed by atoms with Crippen LogP contribution in [0.5, 0.6) is 0 Å². The normalized spacial score (nSPS) is 22.2. The van der Waals surface area contributed by atoms with Crippen LogP contribution in [0.1, 0.15) is 13.8 Å². The molecule has 0 N–H and O–H groups in total. The van der Waals surface area contributed by atoms with Crippen molar-refractivity contribution >= 4 is 0 Å². The molecule has 2 aliphatic rings. The van der Waals surface area contributed by atoms with Gasteiger partial charge in [-0.05, 0) is 25.5 Å². The lowest BCUT2D eigenvalue weighted by Gasteiger charge is -2.32. The standard InChI is InChI=1S/C14H22N2O/c1-12(2)16-11-14(5-4-13(16)3)10-15-6-8-17-9-7-15/h4-5,11-12H,3,6-10H2,1-2H3. The molecular weight excluding hydrogens is 212 g/mol. The first-order valence-corrected chi connectivity index (χ1v) is 6.33. The summed E-state index contributed by atoms with van der Waals surface area (Å²) < 4.78 is 5.36. The highest BCUT2D eigenvalue weighted by Gasteiger charge is 2.15. The molecule has 0 aromatic carbocycles. The lowest BCUT2D eigenvalue weighted by Crippen LogP contribution is -2.38. The Morgan fingerprint density at radius 1 is 1.29 bits per heavy atom. The first-order valence-electron chi connectivity index (χ1n) is 6.33. The van der Waals surface area contributed by atoms with Crippen LogP contribution in [0.3, 0.4) is 0 Å². The molecule has 0 spiro atoms. The largest absolute Gasteiger partial charge is 0.379 e. The third kappa shape index (κ3) is 3.20. The third-order valence-corrected chi connectivity index (χ3v) is 3.19. The first kappa shape index (κ1) is 12.4. The van der Waals surface area contributed by atoms with Gasteiger partial charge >= 0.3 is 0 Å². The molecular formula is C14H22N2O. The Kier molecular flexibility index (Phi) is 4.02. The molecule has 1 fully saturated rings. The van der Waals surface area contributed by atoms with E-state index in [-0.39, 0.29) is 0 Å². The summed E-state index contributed by atoms with van der Waals surface area (Å²) >= 11 is 0. The van der Waals surface area contributed by atoms with E-state index in [1.165, 1.54) is 5.57 Å². The number of hydrogen-bond acceptors (Lipinski definition) is 3. The van der Waals surface area contributed by atoms with Gasteiger partial charge in [-0.2, -0.15) is 0 Å². The predicted molar refractivity (Wildman–Crippen MR) is 70.6 cm³/mol. The van der Waals surface area contributed by atoms with E-state index in [9.17, 15) is 0 Å². The van der Waals surface area contributed by atoms with E-state index in [2.05, 4.69) is 48.6 Å². The summed E-state index contributed by atoms with van der Waals surface area (Å²) in [6.45, 7) is 13.2. The SMILES string of the molecule is C=C1C=CC(CN2CCOCC2)=CN1C(C)C. The fourth-order valence-corrected chi connectivity index (χ4v) is 2.19. The van der Waals surface area contributed by atoms with Crippen LogP contribution < -0.4 is 0 Å². The second-order valence-corrected chi connectivity index (χ2v) is 4.92. The molecule has 0 bridgehead atoms. The van der Waals surface area contributed by atoms with Gasteiger partial charge in [0.05, 0.1) is 13.2 Å². The number of hydrogen-bond donors (Lipinski definition) is 0. The fraction of sp³-hybridized carbons (Fsp3) is 0.571. The summed E-state index contributed by atoms with van der Waals surface area (Å²) in [5.74, 6) is 0. The number of ether oxygens (including phenoxy) is 1. The van der Waals surface area contributed by atoms with Gasteiger partial charge in [-0.15, -0.1) is 0 Å². The van der Waals surface area contributed by atoms with Crippen LogP contribution in [-0.4, -0.2) is 48.7 Å². The fourth-order valence-electron chi connectivity index (χ4n) is 2.19. The van der Waals surface area contributed by atoms with E-state index in [0.29, 0.717) is 6.04 Å².